The van der Waals surface area contributed by atoms with Crippen LogP contribution in [0, 0.1) is 22.7 Å². The number of aromatic amines is 1. The van der Waals surface area contributed by atoms with Gasteiger partial charge in [0.2, 0.25) is 5.88 Å². The number of ether oxygens (including phenoxy) is 2. The first-order valence-corrected chi connectivity index (χ1v) is 7.14. The molecule has 7 nitrogen and oxygen atoms in total. The Kier molecular flexibility index (Phi) is 4.41. The molecule has 0 aliphatic carbocycles. The summed E-state index contributed by atoms with van der Waals surface area (Å²) >= 11 is 0. The number of rotatable bonds is 4. The lowest BCUT2D eigenvalue weighted by molar-refractivity contribution is 0.417. The van der Waals surface area contributed by atoms with Crippen molar-refractivity contribution in [3.8, 4) is 35.4 Å². The first-order valence-electron chi connectivity index (χ1n) is 7.14. The highest BCUT2D eigenvalue weighted by Crippen LogP contribution is 2.22. The summed E-state index contributed by atoms with van der Waals surface area (Å²) in [6.45, 7) is 0. The van der Waals surface area contributed by atoms with Crippen LogP contribution in [0.3, 0.4) is 0 Å². The zero-order chi connectivity index (χ0) is 17.6. The van der Waals surface area contributed by atoms with Crippen LogP contribution in [0.15, 0.2) is 59.5 Å². The molecule has 0 saturated carbocycles. The zero-order valence-electron chi connectivity index (χ0n) is 12.8. The van der Waals surface area contributed by atoms with Gasteiger partial charge in [0.05, 0.1) is 29.5 Å². The Morgan fingerprint density at radius 2 is 1.52 bits per heavy atom. The van der Waals surface area contributed by atoms with Crippen LogP contribution in [0.4, 0.5) is 0 Å². The van der Waals surface area contributed by atoms with Crippen molar-refractivity contribution in [1.29, 1.82) is 10.5 Å². The summed E-state index contributed by atoms with van der Waals surface area (Å²) in [7, 11) is 0. The fourth-order valence-electron chi connectivity index (χ4n) is 1.98. The average Bonchev–Trinajstić information content (AvgIpc) is 2.65. The molecule has 0 amide bonds. The monoisotopic (exact) mass is 330 g/mol. The number of aromatic nitrogens is 2. The minimum absolute atomic E-state index is 0.0983. The Morgan fingerprint density at radius 1 is 0.920 bits per heavy atom. The number of H-pyrrole nitrogens is 1. The Hall–Kier alpha value is -4.10. The molecule has 0 atom stereocenters. The summed E-state index contributed by atoms with van der Waals surface area (Å²) in [5.74, 6) is 0.585. The Labute approximate surface area is 142 Å². The number of nitrogens with one attached hydrogen (secondary N) is 1. The smallest absolute Gasteiger partial charge is 0.311 e. The van der Waals surface area contributed by atoms with E-state index >= 15 is 0 Å². The van der Waals surface area contributed by atoms with Gasteiger partial charge < -0.3 is 14.5 Å². The second-order valence-corrected chi connectivity index (χ2v) is 4.86. The predicted molar refractivity (Wildman–Crippen MR) is 87.3 cm³/mol. The summed E-state index contributed by atoms with van der Waals surface area (Å²) in [4.78, 5) is 18.4. The molecule has 0 unspecified atom stereocenters. The molecule has 2 aromatic carbocycles. The van der Waals surface area contributed by atoms with Gasteiger partial charge in [-0.1, -0.05) is 12.1 Å². The molecule has 0 saturated heterocycles. The third-order valence-electron chi connectivity index (χ3n) is 3.10. The lowest BCUT2D eigenvalue weighted by atomic mass is 10.2. The van der Waals surface area contributed by atoms with Gasteiger partial charge in [-0.3, -0.25) is 4.79 Å². The maximum Gasteiger partial charge on any atom is 0.311 e. The molecule has 0 radical (unpaired) electrons. The molecule has 0 aliphatic rings. The average molecular weight is 330 g/mol. The highest BCUT2D eigenvalue weighted by atomic mass is 16.5. The van der Waals surface area contributed by atoms with E-state index in [1.165, 1.54) is 12.3 Å². The number of nitriles is 2. The van der Waals surface area contributed by atoms with Crippen molar-refractivity contribution >= 4 is 0 Å². The van der Waals surface area contributed by atoms with Gasteiger partial charge >= 0.3 is 5.56 Å². The number of nitrogens with zero attached hydrogens (tertiary/aromatic N) is 3. The van der Waals surface area contributed by atoms with Crippen LogP contribution >= 0.6 is 0 Å². The van der Waals surface area contributed by atoms with E-state index in [2.05, 4.69) is 9.97 Å². The molecule has 1 heterocycles. The normalized spacial score (nSPS) is 9.68. The van der Waals surface area contributed by atoms with Crippen molar-refractivity contribution in [3.63, 3.8) is 0 Å². The van der Waals surface area contributed by atoms with Crippen LogP contribution < -0.4 is 15.0 Å². The van der Waals surface area contributed by atoms with E-state index in [1.54, 1.807) is 42.5 Å². The van der Waals surface area contributed by atoms with Crippen molar-refractivity contribution in [2.24, 2.45) is 0 Å². The molecule has 120 valence electrons. The van der Waals surface area contributed by atoms with Crippen LogP contribution in [0.25, 0.3) is 0 Å². The fourth-order valence-corrected chi connectivity index (χ4v) is 1.98. The quantitative estimate of drug-likeness (QED) is 0.786. The minimum atomic E-state index is -0.541. The Balaban J connectivity index is 1.86. The third kappa shape index (κ3) is 3.81. The fraction of sp³-hybridized carbons (Fsp3) is 0. The second kappa shape index (κ2) is 6.99. The maximum atomic E-state index is 11.9. The molecule has 3 rings (SSSR count). The zero-order valence-corrected chi connectivity index (χ0v) is 12.8. The van der Waals surface area contributed by atoms with Gasteiger partial charge in [-0.2, -0.15) is 15.5 Å². The summed E-state index contributed by atoms with van der Waals surface area (Å²) in [6.07, 6.45) is 1.29. The van der Waals surface area contributed by atoms with Gasteiger partial charge in [-0.15, -0.1) is 0 Å². The minimum Gasteiger partial charge on any atom is -0.437 e. The molecule has 7 heteroatoms. The van der Waals surface area contributed by atoms with Crippen molar-refractivity contribution in [1.82, 2.24) is 9.97 Å². The van der Waals surface area contributed by atoms with Crippen LogP contribution in [-0.2, 0) is 0 Å². The first-order chi connectivity index (χ1) is 12.2. The Bertz CT molecular complexity index is 1060. The largest absolute Gasteiger partial charge is 0.437 e. The van der Waals surface area contributed by atoms with E-state index < -0.39 is 5.56 Å². The van der Waals surface area contributed by atoms with Gasteiger partial charge in [0.25, 0.3) is 5.88 Å². The number of benzene rings is 2. The van der Waals surface area contributed by atoms with Gasteiger partial charge in [-0.05, 0) is 36.4 Å². The van der Waals surface area contributed by atoms with Gasteiger partial charge in [0.15, 0.2) is 0 Å². The summed E-state index contributed by atoms with van der Waals surface area (Å²) in [5.41, 5.74) is 0.293. The maximum absolute atomic E-state index is 11.9. The van der Waals surface area contributed by atoms with E-state index in [0.29, 0.717) is 22.6 Å². The summed E-state index contributed by atoms with van der Waals surface area (Å²) in [5, 5.41) is 17.8. The molecule has 0 spiro atoms. The predicted octanol–water partition coefficient (Wildman–Crippen LogP) is 3.10. The van der Waals surface area contributed by atoms with E-state index in [4.69, 9.17) is 20.0 Å². The molecule has 1 aromatic heterocycles. The van der Waals surface area contributed by atoms with Crippen molar-refractivity contribution in [3.05, 3.63) is 76.2 Å². The number of hydrogen-bond acceptors (Lipinski definition) is 6. The van der Waals surface area contributed by atoms with Gasteiger partial charge in [0.1, 0.15) is 11.5 Å². The van der Waals surface area contributed by atoms with Crippen LogP contribution in [-0.4, -0.2) is 9.97 Å². The van der Waals surface area contributed by atoms with Crippen LogP contribution in [0.5, 0.6) is 23.3 Å². The molecular formula is C18H10N4O3. The second-order valence-electron chi connectivity index (χ2n) is 4.86. The van der Waals surface area contributed by atoms with Crippen LogP contribution in [0.2, 0.25) is 0 Å². The molecule has 0 aliphatic heterocycles. The van der Waals surface area contributed by atoms with Crippen molar-refractivity contribution in [2.45, 2.75) is 0 Å². The highest BCUT2D eigenvalue weighted by Gasteiger charge is 2.09. The highest BCUT2D eigenvalue weighted by molar-refractivity contribution is 5.39. The Morgan fingerprint density at radius 3 is 2.12 bits per heavy atom. The number of hydrogen-bond donors (Lipinski definition) is 1. The van der Waals surface area contributed by atoms with E-state index in [1.807, 2.05) is 12.1 Å². The van der Waals surface area contributed by atoms with E-state index in [9.17, 15) is 4.79 Å². The molecule has 0 fully saturated rings. The lowest BCUT2D eigenvalue weighted by Crippen LogP contribution is -2.10. The standard InChI is InChI=1S/C18H10N4O3/c19-9-12-3-1-5-14(7-12)24-16-11-21-17(23)18(22-16)25-15-6-2-4-13(8-15)10-20/h1-8,11H,(H,21,23). The third-order valence-corrected chi connectivity index (χ3v) is 3.10. The molecule has 1 N–H and O–H groups in total. The van der Waals surface area contributed by atoms with E-state index in [-0.39, 0.29) is 11.8 Å². The molecule has 3 aromatic rings. The molecular weight excluding hydrogens is 320 g/mol. The summed E-state index contributed by atoms with van der Waals surface area (Å²) < 4.78 is 11.0. The van der Waals surface area contributed by atoms with Gasteiger partial charge in [0, 0.05) is 0 Å². The lowest BCUT2D eigenvalue weighted by Gasteiger charge is -2.07. The SMILES string of the molecule is N#Cc1cccc(Oc2c[nH]c(=O)c(Oc3cccc(C#N)c3)n2)c1. The topological polar surface area (TPSA) is 112 Å². The first kappa shape index (κ1) is 15.8. The van der Waals surface area contributed by atoms with Crippen molar-refractivity contribution < 1.29 is 9.47 Å². The molecule has 0 bridgehead atoms. The van der Waals surface area contributed by atoms with E-state index in [0.717, 1.165) is 0 Å². The van der Waals surface area contributed by atoms with Crippen molar-refractivity contribution in [2.75, 3.05) is 0 Å². The summed E-state index contributed by atoms with van der Waals surface area (Å²) in [6, 6.07) is 16.9. The molecule has 25 heavy (non-hydrogen) atoms. The van der Waals surface area contributed by atoms with Crippen LogP contribution in [0.1, 0.15) is 11.1 Å². The van der Waals surface area contributed by atoms with Gasteiger partial charge in [-0.25, -0.2) is 0 Å².